The van der Waals surface area contributed by atoms with Gasteiger partial charge in [0.05, 0.1) is 5.75 Å². The highest BCUT2D eigenvalue weighted by molar-refractivity contribution is 7.88. The summed E-state index contributed by atoms with van der Waals surface area (Å²) >= 11 is 0. The zero-order chi connectivity index (χ0) is 20.3. The molecule has 0 spiro atoms. The molecule has 0 amide bonds. The second-order valence-corrected chi connectivity index (χ2v) is 9.18. The number of benzene rings is 2. The van der Waals surface area contributed by atoms with Gasteiger partial charge in [-0.05, 0) is 54.8 Å². The van der Waals surface area contributed by atoms with Gasteiger partial charge in [0.1, 0.15) is 19.0 Å². The van der Waals surface area contributed by atoms with Crippen molar-refractivity contribution in [3.8, 4) is 11.5 Å². The number of likely N-dealkylation sites (tertiary alicyclic amines) is 1. The van der Waals surface area contributed by atoms with Crippen LogP contribution in [0.2, 0.25) is 0 Å². The van der Waals surface area contributed by atoms with Gasteiger partial charge in [0.2, 0.25) is 10.0 Å². The summed E-state index contributed by atoms with van der Waals surface area (Å²) in [7, 11) is -3.47. The first-order valence-corrected chi connectivity index (χ1v) is 11.5. The Hall–Kier alpha value is -2.16. The van der Waals surface area contributed by atoms with Crippen molar-refractivity contribution in [2.75, 3.05) is 32.8 Å². The second-order valence-electron chi connectivity index (χ2n) is 7.38. The highest BCUT2D eigenvalue weighted by atomic mass is 32.2. The molecule has 2 aromatic carbocycles. The number of fused-ring (bicyclic) bond motifs is 1. The first-order chi connectivity index (χ1) is 14.0. The van der Waals surface area contributed by atoms with E-state index in [4.69, 9.17) is 9.47 Å². The van der Waals surface area contributed by atoms with Gasteiger partial charge in [-0.2, -0.15) is 0 Å². The molecular weight excluding hydrogens is 395 g/mol. The van der Waals surface area contributed by atoms with Gasteiger partial charge in [0, 0.05) is 19.1 Å². The molecule has 0 aliphatic carbocycles. The van der Waals surface area contributed by atoms with Crippen LogP contribution in [-0.2, 0) is 15.8 Å². The van der Waals surface area contributed by atoms with Gasteiger partial charge in [-0.15, -0.1) is 0 Å². The van der Waals surface area contributed by atoms with E-state index in [0.717, 1.165) is 30.9 Å². The highest BCUT2D eigenvalue weighted by Crippen LogP contribution is 2.37. The average molecular weight is 421 g/mol. The van der Waals surface area contributed by atoms with E-state index in [1.165, 1.54) is 29.8 Å². The number of sulfonamides is 1. The lowest BCUT2D eigenvalue weighted by Crippen LogP contribution is -2.35. The van der Waals surface area contributed by atoms with Gasteiger partial charge in [0.15, 0.2) is 11.5 Å². The molecule has 2 heterocycles. The Labute approximate surface area is 170 Å². The molecule has 0 aromatic heterocycles. The van der Waals surface area contributed by atoms with Crippen molar-refractivity contribution in [1.82, 2.24) is 9.62 Å². The van der Waals surface area contributed by atoms with Crippen LogP contribution in [-0.4, -0.2) is 46.2 Å². The van der Waals surface area contributed by atoms with Crippen LogP contribution < -0.4 is 14.2 Å². The fraction of sp³-hybridized carbons (Fsp3) is 0.429. The minimum absolute atomic E-state index is 0.154. The van der Waals surface area contributed by atoms with E-state index >= 15 is 0 Å². The minimum atomic E-state index is -3.47. The molecule has 1 saturated heterocycles. The summed E-state index contributed by atoms with van der Waals surface area (Å²) in [6, 6.07) is 11.8. The lowest BCUT2D eigenvalue weighted by Gasteiger charge is -2.26. The summed E-state index contributed by atoms with van der Waals surface area (Å²) in [6.07, 6.45) is 2.10. The quantitative estimate of drug-likeness (QED) is 0.746. The summed E-state index contributed by atoms with van der Waals surface area (Å²) in [5, 5.41) is 0. The van der Waals surface area contributed by atoms with E-state index in [9.17, 15) is 12.8 Å². The lowest BCUT2D eigenvalue weighted by molar-refractivity contribution is 0.170. The number of rotatable bonds is 7. The molecule has 156 valence electrons. The summed E-state index contributed by atoms with van der Waals surface area (Å²) in [5.74, 6) is 1.02. The SMILES string of the molecule is O=S(=O)(Cc1ccc(F)cc1)NCCN1CCCC1c1ccc2c(c1)OCCO2. The molecule has 1 atom stereocenters. The molecule has 0 saturated carbocycles. The fourth-order valence-corrected chi connectivity index (χ4v) is 5.07. The second kappa shape index (κ2) is 8.69. The van der Waals surface area contributed by atoms with Crippen molar-refractivity contribution in [2.24, 2.45) is 0 Å². The number of hydrogen-bond donors (Lipinski definition) is 1. The number of nitrogens with zero attached hydrogens (tertiary/aromatic N) is 1. The van der Waals surface area contributed by atoms with Crippen molar-refractivity contribution in [3.05, 3.63) is 59.4 Å². The van der Waals surface area contributed by atoms with E-state index in [-0.39, 0.29) is 17.6 Å². The topological polar surface area (TPSA) is 67.9 Å². The van der Waals surface area contributed by atoms with E-state index in [1.54, 1.807) is 0 Å². The van der Waals surface area contributed by atoms with Crippen LogP contribution in [0.4, 0.5) is 4.39 Å². The lowest BCUT2D eigenvalue weighted by atomic mass is 10.0. The third kappa shape index (κ3) is 5.07. The normalized spacial score (nSPS) is 19.4. The number of ether oxygens (including phenoxy) is 2. The van der Waals surface area contributed by atoms with E-state index < -0.39 is 10.0 Å². The third-order valence-corrected chi connectivity index (χ3v) is 6.66. The van der Waals surface area contributed by atoms with Crippen LogP contribution in [0.3, 0.4) is 0 Å². The van der Waals surface area contributed by atoms with Crippen LogP contribution in [0.5, 0.6) is 11.5 Å². The first-order valence-electron chi connectivity index (χ1n) is 9.85. The number of nitrogens with one attached hydrogen (secondary N) is 1. The number of hydrogen-bond acceptors (Lipinski definition) is 5. The molecule has 1 N–H and O–H groups in total. The monoisotopic (exact) mass is 420 g/mol. The fourth-order valence-electron chi connectivity index (χ4n) is 3.93. The van der Waals surface area contributed by atoms with Crippen molar-refractivity contribution in [2.45, 2.75) is 24.6 Å². The molecule has 1 unspecified atom stereocenters. The zero-order valence-electron chi connectivity index (χ0n) is 16.1. The predicted molar refractivity (Wildman–Crippen MR) is 108 cm³/mol. The van der Waals surface area contributed by atoms with Crippen LogP contribution in [0.1, 0.15) is 30.0 Å². The van der Waals surface area contributed by atoms with Gasteiger partial charge in [-0.3, -0.25) is 4.90 Å². The van der Waals surface area contributed by atoms with E-state index in [0.29, 0.717) is 31.9 Å². The Kier molecular flexibility index (Phi) is 6.03. The molecule has 2 aromatic rings. The van der Waals surface area contributed by atoms with Crippen molar-refractivity contribution in [3.63, 3.8) is 0 Å². The highest BCUT2D eigenvalue weighted by Gasteiger charge is 2.27. The van der Waals surface area contributed by atoms with Gasteiger partial charge >= 0.3 is 0 Å². The zero-order valence-corrected chi connectivity index (χ0v) is 17.0. The molecule has 2 aliphatic rings. The van der Waals surface area contributed by atoms with Crippen LogP contribution in [0.25, 0.3) is 0 Å². The molecule has 0 radical (unpaired) electrons. The average Bonchev–Trinajstić information content (AvgIpc) is 3.17. The van der Waals surface area contributed by atoms with Gasteiger partial charge < -0.3 is 9.47 Å². The summed E-state index contributed by atoms with van der Waals surface area (Å²) in [4.78, 5) is 2.30. The van der Waals surface area contributed by atoms with Gasteiger partial charge in [-0.25, -0.2) is 17.5 Å². The van der Waals surface area contributed by atoms with Crippen molar-refractivity contribution in [1.29, 1.82) is 0 Å². The Morgan fingerprint density at radius 3 is 2.62 bits per heavy atom. The first kappa shape index (κ1) is 20.1. The molecule has 4 rings (SSSR count). The molecule has 1 fully saturated rings. The molecule has 29 heavy (non-hydrogen) atoms. The van der Waals surface area contributed by atoms with E-state index in [2.05, 4.69) is 15.7 Å². The maximum atomic E-state index is 13.0. The summed E-state index contributed by atoms with van der Waals surface area (Å²) in [6.45, 7) is 3.02. The van der Waals surface area contributed by atoms with Gasteiger partial charge in [-0.1, -0.05) is 18.2 Å². The maximum Gasteiger partial charge on any atom is 0.215 e. The minimum Gasteiger partial charge on any atom is -0.486 e. The molecule has 8 heteroatoms. The Balaban J connectivity index is 1.33. The number of halogens is 1. The van der Waals surface area contributed by atoms with Crippen molar-refractivity contribution < 1.29 is 22.3 Å². The standard InChI is InChI=1S/C21H25FN2O4S/c22-18-6-3-16(4-7-18)15-29(25,26)23-9-11-24-10-1-2-19(24)17-5-8-20-21(14-17)28-13-12-27-20/h3-8,14,19,23H,1-2,9-13,15H2. The molecular formula is C21H25FN2O4S. The maximum absolute atomic E-state index is 13.0. The molecule has 0 bridgehead atoms. The largest absolute Gasteiger partial charge is 0.486 e. The summed E-state index contributed by atoms with van der Waals surface area (Å²) < 4.78 is 51.6. The molecule has 2 aliphatic heterocycles. The molecule has 6 nitrogen and oxygen atoms in total. The Bertz CT molecular complexity index is 950. The Morgan fingerprint density at radius 2 is 1.83 bits per heavy atom. The van der Waals surface area contributed by atoms with Crippen molar-refractivity contribution >= 4 is 10.0 Å². The summed E-state index contributed by atoms with van der Waals surface area (Å²) in [5.41, 5.74) is 1.73. The van der Waals surface area contributed by atoms with Crippen LogP contribution in [0.15, 0.2) is 42.5 Å². The predicted octanol–water partition coefficient (Wildman–Crippen LogP) is 2.85. The van der Waals surface area contributed by atoms with Crippen LogP contribution in [0, 0.1) is 5.82 Å². The van der Waals surface area contributed by atoms with Gasteiger partial charge in [0.25, 0.3) is 0 Å². The smallest absolute Gasteiger partial charge is 0.215 e. The van der Waals surface area contributed by atoms with E-state index in [1.807, 2.05) is 12.1 Å². The Morgan fingerprint density at radius 1 is 1.07 bits per heavy atom. The third-order valence-electron chi connectivity index (χ3n) is 5.31. The van der Waals surface area contributed by atoms with Crippen LogP contribution >= 0.6 is 0 Å².